The zero-order valence-corrected chi connectivity index (χ0v) is 11.1. The predicted molar refractivity (Wildman–Crippen MR) is 67.8 cm³/mol. The number of hydrogen-bond acceptors (Lipinski definition) is 4. The summed E-state index contributed by atoms with van der Waals surface area (Å²) in [7, 11) is 0. The van der Waals surface area contributed by atoms with Crippen LogP contribution in [-0.2, 0) is 9.59 Å². The fourth-order valence-corrected chi connectivity index (χ4v) is 2.98. The van der Waals surface area contributed by atoms with Crippen molar-refractivity contribution in [3.8, 4) is 0 Å². The molecule has 1 rings (SSSR count). The van der Waals surface area contributed by atoms with Gasteiger partial charge in [0.15, 0.2) is 0 Å². The van der Waals surface area contributed by atoms with Gasteiger partial charge >= 0.3 is 5.97 Å². The first kappa shape index (κ1) is 14.3. The topological polar surface area (TPSA) is 83.6 Å². The molecule has 1 fully saturated rings. The maximum Gasteiger partial charge on any atom is 0.327 e. The molecule has 0 aromatic rings. The molecule has 6 heteroatoms. The van der Waals surface area contributed by atoms with Crippen molar-refractivity contribution < 1.29 is 14.7 Å². The van der Waals surface area contributed by atoms with Gasteiger partial charge in [-0.05, 0) is 5.92 Å². The molecule has 0 aromatic carbocycles. The van der Waals surface area contributed by atoms with Crippen molar-refractivity contribution in [2.24, 2.45) is 17.6 Å². The molecule has 0 aromatic heterocycles. The van der Waals surface area contributed by atoms with E-state index in [4.69, 9.17) is 10.8 Å². The van der Waals surface area contributed by atoms with Crippen molar-refractivity contribution in [3.63, 3.8) is 0 Å². The normalized spacial score (nSPS) is 22.6. The lowest BCUT2D eigenvalue weighted by molar-refractivity contribution is -0.151. The minimum Gasteiger partial charge on any atom is -0.480 e. The number of nitrogens with two attached hydrogens (primary N) is 1. The number of rotatable bonds is 4. The Balaban J connectivity index is 2.80. The van der Waals surface area contributed by atoms with Gasteiger partial charge in [0.05, 0.1) is 5.92 Å². The lowest BCUT2D eigenvalue weighted by Crippen LogP contribution is -2.53. The lowest BCUT2D eigenvalue weighted by Gasteiger charge is -2.35. The third-order valence-corrected chi connectivity index (χ3v) is 4.10. The molecular formula is C11H20N2O3S. The van der Waals surface area contributed by atoms with E-state index in [9.17, 15) is 9.59 Å². The summed E-state index contributed by atoms with van der Waals surface area (Å²) in [6.07, 6.45) is 0. The minimum atomic E-state index is -0.926. The average Bonchev–Trinajstić information content (AvgIpc) is 2.29. The molecule has 1 saturated heterocycles. The zero-order valence-electron chi connectivity index (χ0n) is 10.3. The maximum atomic E-state index is 12.3. The second-order valence-corrected chi connectivity index (χ2v) is 5.70. The third kappa shape index (κ3) is 3.35. The second-order valence-electron chi connectivity index (χ2n) is 4.55. The fraction of sp³-hybridized carbons (Fsp3) is 0.818. The van der Waals surface area contributed by atoms with E-state index in [1.54, 1.807) is 11.8 Å². The van der Waals surface area contributed by atoms with Crippen molar-refractivity contribution in [2.75, 3.05) is 24.6 Å². The van der Waals surface area contributed by atoms with Crippen LogP contribution in [0.15, 0.2) is 0 Å². The number of aliphatic carboxylic acids is 1. The molecular weight excluding hydrogens is 240 g/mol. The van der Waals surface area contributed by atoms with Gasteiger partial charge in [-0.1, -0.05) is 13.8 Å². The van der Waals surface area contributed by atoms with Crippen LogP contribution >= 0.6 is 11.8 Å². The van der Waals surface area contributed by atoms with Gasteiger partial charge in [-0.25, -0.2) is 4.79 Å². The second kappa shape index (κ2) is 6.26. The van der Waals surface area contributed by atoms with E-state index in [2.05, 4.69) is 0 Å². The molecule has 17 heavy (non-hydrogen) atoms. The van der Waals surface area contributed by atoms with Gasteiger partial charge < -0.3 is 15.7 Å². The number of thioether (sulfide) groups is 1. The average molecular weight is 260 g/mol. The monoisotopic (exact) mass is 260 g/mol. The summed E-state index contributed by atoms with van der Waals surface area (Å²) < 4.78 is 0. The number of carboxylic acids is 1. The number of carbonyl (C=O) groups is 2. The minimum absolute atomic E-state index is 0.116. The maximum absolute atomic E-state index is 12.3. The zero-order chi connectivity index (χ0) is 13.0. The van der Waals surface area contributed by atoms with Crippen LogP contribution in [0.2, 0.25) is 0 Å². The van der Waals surface area contributed by atoms with Crippen molar-refractivity contribution in [1.29, 1.82) is 0 Å². The molecule has 3 N–H and O–H groups in total. The summed E-state index contributed by atoms with van der Waals surface area (Å²) in [6.45, 7) is 4.64. The first-order chi connectivity index (χ1) is 7.99. The van der Waals surface area contributed by atoms with Crippen LogP contribution in [0, 0.1) is 11.8 Å². The quantitative estimate of drug-likeness (QED) is 0.757. The highest BCUT2D eigenvalue weighted by atomic mass is 32.2. The van der Waals surface area contributed by atoms with Crippen molar-refractivity contribution >= 4 is 23.6 Å². The van der Waals surface area contributed by atoms with Gasteiger partial charge in [0.2, 0.25) is 5.91 Å². The summed E-state index contributed by atoms with van der Waals surface area (Å²) in [5.41, 5.74) is 5.60. The summed E-state index contributed by atoms with van der Waals surface area (Å²) >= 11 is 1.57. The number of amides is 1. The van der Waals surface area contributed by atoms with Crippen LogP contribution in [0.5, 0.6) is 0 Å². The van der Waals surface area contributed by atoms with Crippen molar-refractivity contribution in [2.45, 2.75) is 19.9 Å². The van der Waals surface area contributed by atoms with Crippen molar-refractivity contribution in [3.05, 3.63) is 0 Å². The molecule has 1 amide bonds. The van der Waals surface area contributed by atoms with Gasteiger partial charge in [-0.2, -0.15) is 11.8 Å². The highest BCUT2D eigenvalue weighted by Gasteiger charge is 2.36. The van der Waals surface area contributed by atoms with E-state index in [0.717, 1.165) is 5.75 Å². The van der Waals surface area contributed by atoms with E-state index in [-0.39, 0.29) is 24.3 Å². The van der Waals surface area contributed by atoms with Gasteiger partial charge in [0.25, 0.3) is 0 Å². The van der Waals surface area contributed by atoms with E-state index in [0.29, 0.717) is 12.3 Å². The number of nitrogens with zero attached hydrogens (tertiary/aromatic N) is 1. The molecule has 1 aliphatic rings. The van der Waals surface area contributed by atoms with Gasteiger partial charge in [0, 0.05) is 24.6 Å². The Morgan fingerprint density at radius 2 is 2.18 bits per heavy atom. The Morgan fingerprint density at radius 3 is 2.65 bits per heavy atom. The fourth-order valence-electron chi connectivity index (χ4n) is 1.94. The van der Waals surface area contributed by atoms with Crippen LogP contribution < -0.4 is 5.73 Å². The van der Waals surface area contributed by atoms with Crippen LogP contribution in [0.3, 0.4) is 0 Å². The molecule has 98 valence electrons. The summed E-state index contributed by atoms with van der Waals surface area (Å²) in [5.74, 6) is 0.0817. The molecule has 0 saturated carbocycles. The van der Waals surface area contributed by atoms with Crippen LogP contribution in [0.4, 0.5) is 0 Å². The standard InChI is InChI=1S/C11H20N2O3S/c1-7(2)8(5-12)10(14)13-3-4-17-6-9(13)11(15)16/h7-9H,3-6,12H2,1-2H3,(H,15,16). The lowest BCUT2D eigenvalue weighted by atomic mass is 9.94. The predicted octanol–water partition coefficient (Wildman–Crippen LogP) is 0.246. The third-order valence-electron chi connectivity index (χ3n) is 3.07. The van der Waals surface area contributed by atoms with Crippen LogP contribution in [0.25, 0.3) is 0 Å². The largest absolute Gasteiger partial charge is 0.480 e. The number of carboxylic acid groups (broad SMARTS) is 1. The van der Waals surface area contributed by atoms with E-state index in [1.165, 1.54) is 4.90 Å². The van der Waals surface area contributed by atoms with Crippen molar-refractivity contribution in [1.82, 2.24) is 4.90 Å². The number of hydrogen-bond donors (Lipinski definition) is 2. The van der Waals surface area contributed by atoms with Crippen LogP contribution in [-0.4, -0.2) is 52.5 Å². The first-order valence-corrected chi connectivity index (χ1v) is 6.95. The van der Waals surface area contributed by atoms with Gasteiger partial charge in [0.1, 0.15) is 6.04 Å². The van der Waals surface area contributed by atoms with E-state index >= 15 is 0 Å². The molecule has 0 spiro atoms. The first-order valence-electron chi connectivity index (χ1n) is 5.80. The Morgan fingerprint density at radius 1 is 1.53 bits per heavy atom. The molecule has 0 radical (unpaired) electrons. The summed E-state index contributed by atoms with van der Waals surface area (Å²) in [5, 5.41) is 9.11. The molecule has 1 aliphatic heterocycles. The summed E-state index contributed by atoms with van der Waals surface area (Å²) in [4.78, 5) is 24.9. The van der Waals surface area contributed by atoms with Gasteiger partial charge in [-0.15, -0.1) is 0 Å². The van der Waals surface area contributed by atoms with Crippen LogP contribution in [0.1, 0.15) is 13.8 Å². The molecule has 2 atom stereocenters. The highest BCUT2D eigenvalue weighted by molar-refractivity contribution is 7.99. The van der Waals surface area contributed by atoms with E-state index in [1.807, 2.05) is 13.8 Å². The van der Waals surface area contributed by atoms with Gasteiger partial charge in [-0.3, -0.25) is 4.79 Å². The Kier molecular flexibility index (Phi) is 5.27. The molecule has 5 nitrogen and oxygen atoms in total. The molecule has 1 heterocycles. The smallest absolute Gasteiger partial charge is 0.327 e. The SMILES string of the molecule is CC(C)C(CN)C(=O)N1CCSCC1C(=O)O. The Hall–Kier alpha value is -0.750. The number of carbonyl (C=O) groups excluding carboxylic acids is 1. The Labute approximate surface area is 106 Å². The highest BCUT2D eigenvalue weighted by Crippen LogP contribution is 2.21. The molecule has 2 unspecified atom stereocenters. The molecule has 0 aliphatic carbocycles. The Bertz CT molecular complexity index is 296. The van der Waals surface area contributed by atoms with E-state index < -0.39 is 12.0 Å². The molecule has 0 bridgehead atoms. The summed E-state index contributed by atoms with van der Waals surface area (Å²) in [6, 6.07) is -0.700.